The normalized spacial score (nSPS) is 15.2. The van der Waals surface area contributed by atoms with Gasteiger partial charge in [-0.1, -0.05) is 12.1 Å². The van der Waals surface area contributed by atoms with Crippen molar-refractivity contribution in [2.45, 2.75) is 0 Å². The van der Waals surface area contributed by atoms with Crippen molar-refractivity contribution in [3.63, 3.8) is 0 Å². The molecule has 1 fully saturated rings. The summed E-state index contributed by atoms with van der Waals surface area (Å²) in [5.41, 5.74) is -0.442. The summed E-state index contributed by atoms with van der Waals surface area (Å²) in [5, 5.41) is 4.14. The topological polar surface area (TPSA) is 52.7 Å². The van der Waals surface area contributed by atoms with Crippen LogP contribution >= 0.6 is 11.3 Å². The number of carbonyl (C=O) groups is 2. The highest BCUT2D eigenvalue weighted by atomic mass is 32.1. The Morgan fingerprint density at radius 2 is 1.72 bits per heavy atom. The lowest BCUT2D eigenvalue weighted by Gasteiger charge is -2.34. The molecule has 2 aromatic rings. The van der Waals surface area contributed by atoms with Crippen molar-refractivity contribution >= 4 is 28.8 Å². The second kappa shape index (κ2) is 7.71. The van der Waals surface area contributed by atoms with Gasteiger partial charge >= 0.3 is 6.03 Å². The van der Waals surface area contributed by atoms with Crippen LogP contribution in [0.5, 0.6) is 0 Å². The lowest BCUT2D eigenvalue weighted by atomic mass is 10.2. The van der Waals surface area contributed by atoms with E-state index in [1.807, 2.05) is 16.3 Å². The number of anilines is 1. The van der Waals surface area contributed by atoms with Crippen molar-refractivity contribution in [3.05, 3.63) is 52.2 Å². The summed E-state index contributed by atoms with van der Waals surface area (Å²) < 4.78 is 27.2. The number of hydrogen-bond acceptors (Lipinski definition) is 4. The number of nitrogens with one attached hydrogen (secondary N) is 1. The molecule has 1 saturated heterocycles. The number of urea groups is 1. The molecule has 5 nitrogen and oxygen atoms in total. The molecule has 8 heteroatoms. The monoisotopic (exact) mass is 365 g/mol. The third-order valence-corrected chi connectivity index (χ3v) is 4.93. The van der Waals surface area contributed by atoms with E-state index in [4.69, 9.17) is 0 Å². The molecule has 132 valence electrons. The Morgan fingerprint density at radius 1 is 1.04 bits per heavy atom. The molecule has 0 radical (unpaired) electrons. The number of nitrogens with zero attached hydrogens (tertiary/aromatic N) is 2. The second-order valence-electron chi connectivity index (χ2n) is 5.69. The van der Waals surface area contributed by atoms with Crippen molar-refractivity contribution in [1.82, 2.24) is 9.80 Å². The van der Waals surface area contributed by atoms with E-state index in [2.05, 4.69) is 5.32 Å². The van der Waals surface area contributed by atoms with E-state index >= 15 is 0 Å². The zero-order chi connectivity index (χ0) is 17.8. The predicted octanol–water partition coefficient (Wildman–Crippen LogP) is 3.06. The summed E-state index contributed by atoms with van der Waals surface area (Å²) >= 11 is 1.41. The minimum absolute atomic E-state index is 0.0568. The van der Waals surface area contributed by atoms with Crippen molar-refractivity contribution in [2.24, 2.45) is 0 Å². The number of rotatable bonds is 4. The van der Waals surface area contributed by atoms with Gasteiger partial charge in [-0.15, -0.1) is 11.3 Å². The van der Waals surface area contributed by atoms with Crippen LogP contribution in [-0.4, -0.2) is 54.3 Å². The maximum Gasteiger partial charge on any atom is 0.322 e. The summed E-state index contributed by atoms with van der Waals surface area (Å²) in [6.45, 7) is 2.14. The van der Waals surface area contributed by atoms with Crippen LogP contribution in [0.2, 0.25) is 0 Å². The van der Waals surface area contributed by atoms with Gasteiger partial charge < -0.3 is 10.2 Å². The smallest absolute Gasteiger partial charge is 0.322 e. The Hall–Kier alpha value is -2.32. The second-order valence-corrected chi connectivity index (χ2v) is 6.64. The van der Waals surface area contributed by atoms with E-state index in [0.717, 1.165) is 17.0 Å². The highest BCUT2D eigenvalue weighted by Gasteiger charge is 2.24. The largest absolute Gasteiger partial charge is 0.322 e. The van der Waals surface area contributed by atoms with Gasteiger partial charge in [0.05, 0.1) is 11.4 Å². The zero-order valence-electron chi connectivity index (χ0n) is 13.4. The van der Waals surface area contributed by atoms with E-state index in [-0.39, 0.29) is 5.78 Å². The predicted molar refractivity (Wildman–Crippen MR) is 92.0 cm³/mol. The number of Topliss-reactive ketones (excluding diaryl/α,β-unsaturated/α-hetero) is 1. The first-order valence-electron chi connectivity index (χ1n) is 7.83. The number of para-hydroxylation sites is 1. The van der Waals surface area contributed by atoms with Gasteiger partial charge in [0.15, 0.2) is 5.78 Å². The molecule has 0 atom stereocenters. The van der Waals surface area contributed by atoms with E-state index in [1.165, 1.54) is 22.3 Å². The van der Waals surface area contributed by atoms with Gasteiger partial charge in [0.2, 0.25) is 0 Å². The minimum Gasteiger partial charge on any atom is -0.322 e. The number of ketones is 1. The summed E-state index contributed by atoms with van der Waals surface area (Å²) in [4.78, 5) is 28.5. The summed E-state index contributed by atoms with van der Waals surface area (Å²) in [6, 6.07) is 6.50. The molecule has 0 saturated carbocycles. The first-order chi connectivity index (χ1) is 12.0. The Balaban J connectivity index is 1.52. The van der Waals surface area contributed by atoms with Crippen molar-refractivity contribution < 1.29 is 18.4 Å². The van der Waals surface area contributed by atoms with Crippen LogP contribution in [0, 0.1) is 11.6 Å². The maximum absolute atomic E-state index is 13.6. The van der Waals surface area contributed by atoms with Crippen molar-refractivity contribution in [3.8, 4) is 0 Å². The highest BCUT2D eigenvalue weighted by Crippen LogP contribution is 2.19. The number of carbonyl (C=O) groups excluding carboxylic acids is 2. The highest BCUT2D eigenvalue weighted by molar-refractivity contribution is 7.12. The SMILES string of the molecule is O=C(CN1CCN(C(=O)Nc2c(F)cccc2F)CC1)c1cccs1. The van der Waals surface area contributed by atoms with Crippen LogP contribution in [0.4, 0.5) is 19.3 Å². The number of hydrogen-bond donors (Lipinski definition) is 1. The minimum atomic E-state index is -0.812. The molecular formula is C17H17F2N3O2S. The van der Waals surface area contributed by atoms with E-state index in [1.54, 1.807) is 6.07 Å². The fourth-order valence-electron chi connectivity index (χ4n) is 2.63. The molecule has 2 heterocycles. The van der Waals surface area contributed by atoms with Crippen LogP contribution in [-0.2, 0) is 0 Å². The molecule has 3 rings (SSSR count). The third kappa shape index (κ3) is 4.21. The summed E-state index contributed by atoms with van der Waals surface area (Å²) in [7, 11) is 0. The van der Waals surface area contributed by atoms with E-state index in [9.17, 15) is 18.4 Å². The van der Waals surface area contributed by atoms with Crippen molar-refractivity contribution in [2.75, 3.05) is 38.0 Å². The molecule has 1 aliphatic heterocycles. The number of piperazine rings is 1. The van der Waals surface area contributed by atoms with Crippen LogP contribution in [0.15, 0.2) is 35.7 Å². The first kappa shape index (κ1) is 17.5. The Morgan fingerprint density at radius 3 is 2.32 bits per heavy atom. The summed E-state index contributed by atoms with van der Waals surface area (Å²) in [6.07, 6.45) is 0. The Labute approximate surface area is 147 Å². The van der Waals surface area contributed by atoms with Gasteiger partial charge in [0.25, 0.3) is 0 Å². The number of amides is 2. The molecule has 0 aliphatic carbocycles. The first-order valence-corrected chi connectivity index (χ1v) is 8.71. The van der Waals surface area contributed by atoms with Crippen LogP contribution in [0.1, 0.15) is 9.67 Å². The van der Waals surface area contributed by atoms with Gasteiger partial charge in [-0.25, -0.2) is 13.6 Å². The fraction of sp³-hybridized carbons (Fsp3) is 0.294. The third-order valence-electron chi connectivity index (χ3n) is 4.02. The van der Waals surface area contributed by atoms with Gasteiger partial charge in [-0.3, -0.25) is 9.69 Å². The summed E-state index contributed by atoms with van der Waals surface area (Å²) in [5.74, 6) is -1.57. The number of thiophene rings is 1. The van der Waals surface area contributed by atoms with Crippen LogP contribution < -0.4 is 5.32 Å². The molecule has 0 bridgehead atoms. The average Bonchev–Trinajstić information content (AvgIpc) is 3.13. The Bertz CT molecular complexity index is 739. The molecule has 25 heavy (non-hydrogen) atoms. The molecule has 1 N–H and O–H groups in total. The van der Waals surface area contributed by atoms with E-state index in [0.29, 0.717) is 32.7 Å². The standard InChI is InChI=1S/C17H17F2N3O2S/c18-12-3-1-4-13(19)16(12)20-17(24)22-8-6-21(7-9-22)11-14(23)15-5-2-10-25-15/h1-5,10H,6-9,11H2,(H,20,24). The Kier molecular flexibility index (Phi) is 5.40. The molecular weight excluding hydrogens is 348 g/mol. The van der Waals surface area contributed by atoms with Gasteiger partial charge in [-0.05, 0) is 23.6 Å². The van der Waals surface area contributed by atoms with Gasteiger partial charge in [0.1, 0.15) is 17.3 Å². The maximum atomic E-state index is 13.6. The number of benzene rings is 1. The van der Waals surface area contributed by atoms with Crippen LogP contribution in [0.25, 0.3) is 0 Å². The fourth-order valence-corrected chi connectivity index (χ4v) is 3.29. The van der Waals surface area contributed by atoms with Crippen molar-refractivity contribution in [1.29, 1.82) is 0 Å². The lowest BCUT2D eigenvalue weighted by Crippen LogP contribution is -2.51. The molecule has 0 unspecified atom stereocenters. The average molecular weight is 365 g/mol. The molecule has 1 aliphatic rings. The van der Waals surface area contributed by atoms with Gasteiger partial charge in [0, 0.05) is 26.2 Å². The molecule has 1 aromatic heterocycles. The van der Waals surface area contributed by atoms with E-state index < -0.39 is 23.4 Å². The lowest BCUT2D eigenvalue weighted by molar-refractivity contribution is 0.0887. The molecule has 0 spiro atoms. The van der Waals surface area contributed by atoms with Gasteiger partial charge in [-0.2, -0.15) is 0 Å². The molecule has 1 aromatic carbocycles. The zero-order valence-corrected chi connectivity index (χ0v) is 14.2. The van der Waals surface area contributed by atoms with Crippen LogP contribution in [0.3, 0.4) is 0 Å². The quantitative estimate of drug-likeness (QED) is 0.848. The number of halogens is 2. The molecule has 2 amide bonds.